The minimum Gasteiger partial charge on any atom is -0.481 e. The lowest BCUT2D eigenvalue weighted by molar-refractivity contribution is -0.137. The third-order valence-electron chi connectivity index (χ3n) is 2.13. The maximum absolute atomic E-state index is 10.5. The Kier molecular flexibility index (Phi) is 3.52. The summed E-state index contributed by atoms with van der Waals surface area (Å²) in [6.45, 7) is 6.39. The molecule has 1 heterocycles. The van der Waals surface area contributed by atoms with Crippen LogP contribution in [-0.4, -0.2) is 11.1 Å². The number of nitrogens with two attached hydrogens (primary N) is 1. The Labute approximate surface area is 93.9 Å². The number of thiophene rings is 1. The van der Waals surface area contributed by atoms with Gasteiger partial charge < -0.3 is 10.8 Å². The first-order valence-electron chi connectivity index (χ1n) is 4.88. The third kappa shape index (κ3) is 3.32. The van der Waals surface area contributed by atoms with Crippen molar-refractivity contribution in [3.05, 3.63) is 21.9 Å². The van der Waals surface area contributed by atoms with Crippen molar-refractivity contribution >= 4 is 17.3 Å². The quantitative estimate of drug-likeness (QED) is 0.834. The van der Waals surface area contributed by atoms with Crippen LogP contribution in [0.4, 0.5) is 0 Å². The number of rotatable bonds is 3. The molecule has 0 radical (unpaired) electrons. The SMILES string of the molecule is CC(C)(C)c1ccc([C@H](N)CC(=O)O)s1. The van der Waals surface area contributed by atoms with E-state index in [1.807, 2.05) is 12.1 Å². The van der Waals surface area contributed by atoms with Crippen molar-refractivity contribution in [3.63, 3.8) is 0 Å². The van der Waals surface area contributed by atoms with Gasteiger partial charge in [0.1, 0.15) is 0 Å². The minimum atomic E-state index is -0.854. The molecule has 0 aliphatic heterocycles. The molecule has 0 saturated carbocycles. The lowest BCUT2D eigenvalue weighted by atomic mass is 9.95. The van der Waals surface area contributed by atoms with Crippen LogP contribution in [0.5, 0.6) is 0 Å². The molecule has 0 aromatic carbocycles. The molecule has 1 aromatic rings. The molecule has 3 N–H and O–H groups in total. The van der Waals surface area contributed by atoms with E-state index < -0.39 is 5.97 Å². The van der Waals surface area contributed by atoms with Gasteiger partial charge in [0.25, 0.3) is 0 Å². The zero-order chi connectivity index (χ0) is 11.6. The van der Waals surface area contributed by atoms with Gasteiger partial charge >= 0.3 is 5.97 Å². The zero-order valence-electron chi connectivity index (χ0n) is 9.28. The molecule has 84 valence electrons. The highest BCUT2D eigenvalue weighted by Crippen LogP contribution is 2.32. The van der Waals surface area contributed by atoms with Crippen LogP contribution in [0.15, 0.2) is 12.1 Å². The van der Waals surface area contributed by atoms with E-state index in [0.29, 0.717) is 0 Å². The molecule has 1 atom stereocenters. The normalized spacial score (nSPS) is 13.9. The molecule has 4 heteroatoms. The highest BCUT2D eigenvalue weighted by atomic mass is 32.1. The third-order valence-corrected chi connectivity index (χ3v) is 3.77. The van der Waals surface area contributed by atoms with Crippen molar-refractivity contribution in [1.82, 2.24) is 0 Å². The van der Waals surface area contributed by atoms with Gasteiger partial charge in [-0.1, -0.05) is 20.8 Å². The summed E-state index contributed by atoms with van der Waals surface area (Å²) in [5, 5.41) is 8.64. The second kappa shape index (κ2) is 4.33. The Balaban J connectivity index is 2.80. The molecule has 15 heavy (non-hydrogen) atoms. The Morgan fingerprint density at radius 3 is 2.53 bits per heavy atom. The van der Waals surface area contributed by atoms with Crippen molar-refractivity contribution in [3.8, 4) is 0 Å². The molecular formula is C11H17NO2S. The maximum Gasteiger partial charge on any atom is 0.305 e. The van der Waals surface area contributed by atoms with Crippen LogP contribution in [-0.2, 0) is 10.2 Å². The first-order chi connectivity index (χ1) is 6.80. The molecule has 3 nitrogen and oxygen atoms in total. The summed E-state index contributed by atoms with van der Waals surface area (Å²) < 4.78 is 0. The van der Waals surface area contributed by atoms with Crippen LogP contribution in [0.3, 0.4) is 0 Å². The number of carbonyl (C=O) groups is 1. The second-order valence-corrected chi connectivity index (χ2v) is 5.77. The second-order valence-electron chi connectivity index (χ2n) is 4.66. The Morgan fingerprint density at radius 2 is 2.13 bits per heavy atom. The van der Waals surface area contributed by atoms with Gasteiger partial charge in [-0.05, 0) is 17.5 Å². The number of aliphatic carboxylic acids is 1. The number of hydrogen-bond acceptors (Lipinski definition) is 3. The van der Waals surface area contributed by atoms with Gasteiger partial charge in [-0.2, -0.15) is 0 Å². The van der Waals surface area contributed by atoms with Gasteiger partial charge in [-0.15, -0.1) is 11.3 Å². The van der Waals surface area contributed by atoms with Crippen molar-refractivity contribution in [2.24, 2.45) is 5.73 Å². The van der Waals surface area contributed by atoms with E-state index in [2.05, 4.69) is 20.8 Å². The van der Waals surface area contributed by atoms with E-state index in [-0.39, 0.29) is 17.9 Å². The molecular weight excluding hydrogens is 210 g/mol. The van der Waals surface area contributed by atoms with E-state index in [4.69, 9.17) is 10.8 Å². The summed E-state index contributed by atoms with van der Waals surface area (Å²) in [5.74, 6) is -0.854. The standard InChI is InChI=1S/C11H17NO2S/c1-11(2,3)9-5-4-8(15-9)7(12)6-10(13)14/h4-5,7H,6,12H2,1-3H3,(H,13,14)/t7-/m1/s1. The van der Waals surface area contributed by atoms with E-state index in [9.17, 15) is 4.79 Å². The molecule has 0 bridgehead atoms. The van der Waals surface area contributed by atoms with Gasteiger partial charge in [0.05, 0.1) is 6.42 Å². The topological polar surface area (TPSA) is 63.3 Å². The molecule has 1 rings (SSSR count). The summed E-state index contributed by atoms with van der Waals surface area (Å²) >= 11 is 1.60. The summed E-state index contributed by atoms with van der Waals surface area (Å²) in [6, 6.07) is 3.57. The van der Waals surface area contributed by atoms with E-state index in [0.717, 1.165) is 4.88 Å². The van der Waals surface area contributed by atoms with E-state index >= 15 is 0 Å². The Bertz CT molecular complexity index is 352. The van der Waals surface area contributed by atoms with Gasteiger partial charge in [-0.25, -0.2) is 0 Å². The van der Waals surface area contributed by atoms with E-state index in [1.165, 1.54) is 4.88 Å². The van der Waals surface area contributed by atoms with Crippen LogP contribution >= 0.6 is 11.3 Å². The van der Waals surface area contributed by atoms with Crippen molar-refractivity contribution in [1.29, 1.82) is 0 Å². The van der Waals surface area contributed by atoms with Gasteiger partial charge in [0.15, 0.2) is 0 Å². The van der Waals surface area contributed by atoms with Gasteiger partial charge in [-0.3, -0.25) is 4.79 Å². The van der Waals surface area contributed by atoms with Crippen LogP contribution < -0.4 is 5.73 Å². The Hall–Kier alpha value is -0.870. The fourth-order valence-corrected chi connectivity index (χ4v) is 2.31. The molecule has 0 spiro atoms. The first kappa shape index (κ1) is 12.2. The fraction of sp³-hybridized carbons (Fsp3) is 0.545. The minimum absolute atomic E-state index is 0.00983. The van der Waals surface area contributed by atoms with Crippen molar-refractivity contribution in [2.45, 2.75) is 38.6 Å². The number of carboxylic acid groups (broad SMARTS) is 1. The van der Waals surface area contributed by atoms with Crippen LogP contribution in [0.25, 0.3) is 0 Å². The average molecular weight is 227 g/mol. The van der Waals surface area contributed by atoms with Crippen molar-refractivity contribution < 1.29 is 9.90 Å². The smallest absolute Gasteiger partial charge is 0.305 e. The van der Waals surface area contributed by atoms with Gasteiger partial charge in [0, 0.05) is 15.8 Å². The highest BCUT2D eigenvalue weighted by molar-refractivity contribution is 7.12. The lowest BCUT2D eigenvalue weighted by Gasteiger charge is -2.15. The summed E-state index contributed by atoms with van der Waals surface area (Å²) in [5.41, 5.74) is 5.89. The first-order valence-corrected chi connectivity index (χ1v) is 5.70. The molecule has 0 unspecified atom stereocenters. The lowest BCUT2D eigenvalue weighted by Crippen LogP contribution is -2.13. The maximum atomic E-state index is 10.5. The number of hydrogen-bond donors (Lipinski definition) is 2. The average Bonchev–Trinajstić information content (AvgIpc) is 2.48. The summed E-state index contributed by atoms with van der Waals surface area (Å²) in [6.07, 6.45) is -0.00983. The predicted molar refractivity (Wildman–Crippen MR) is 62.2 cm³/mol. The largest absolute Gasteiger partial charge is 0.481 e. The highest BCUT2D eigenvalue weighted by Gasteiger charge is 2.19. The predicted octanol–water partition coefficient (Wildman–Crippen LogP) is 2.52. The molecule has 0 aliphatic rings. The van der Waals surface area contributed by atoms with Crippen LogP contribution in [0.2, 0.25) is 0 Å². The molecule has 0 amide bonds. The summed E-state index contributed by atoms with van der Waals surface area (Å²) in [7, 11) is 0. The molecule has 0 saturated heterocycles. The van der Waals surface area contributed by atoms with Gasteiger partial charge in [0.2, 0.25) is 0 Å². The zero-order valence-corrected chi connectivity index (χ0v) is 10.1. The number of carboxylic acids is 1. The fourth-order valence-electron chi connectivity index (χ4n) is 1.24. The van der Waals surface area contributed by atoms with Crippen LogP contribution in [0.1, 0.15) is 43.0 Å². The molecule has 1 aromatic heterocycles. The molecule has 0 fully saturated rings. The van der Waals surface area contributed by atoms with Crippen molar-refractivity contribution in [2.75, 3.05) is 0 Å². The Morgan fingerprint density at radius 1 is 1.53 bits per heavy atom. The summed E-state index contributed by atoms with van der Waals surface area (Å²) in [4.78, 5) is 12.7. The monoisotopic (exact) mass is 227 g/mol. The van der Waals surface area contributed by atoms with Crippen LogP contribution in [0, 0.1) is 0 Å². The van der Waals surface area contributed by atoms with E-state index in [1.54, 1.807) is 11.3 Å². The molecule has 0 aliphatic carbocycles.